The van der Waals surface area contributed by atoms with Gasteiger partial charge in [0, 0.05) is 25.2 Å². The molecule has 0 bridgehead atoms. The van der Waals surface area contributed by atoms with Gasteiger partial charge < -0.3 is 15.4 Å². The number of carbonyl (C=O) groups is 2. The highest BCUT2D eigenvalue weighted by molar-refractivity contribution is 5.97. The number of ether oxygens (including phenoxy) is 1. The minimum Gasteiger partial charge on any atom is -0.452 e. The molecule has 1 heterocycles. The van der Waals surface area contributed by atoms with E-state index in [1.54, 1.807) is 6.07 Å². The molecular weight excluding hydrogens is 374 g/mol. The first-order valence-electron chi connectivity index (χ1n) is 9.47. The number of nitrogens with zero attached hydrogens (tertiary/aromatic N) is 2. The number of amides is 1. The van der Waals surface area contributed by atoms with Gasteiger partial charge in [-0.15, -0.1) is 0 Å². The van der Waals surface area contributed by atoms with E-state index in [9.17, 15) is 19.7 Å². The van der Waals surface area contributed by atoms with Crippen molar-refractivity contribution < 1.29 is 19.2 Å². The van der Waals surface area contributed by atoms with E-state index in [2.05, 4.69) is 12.1 Å². The van der Waals surface area contributed by atoms with Crippen LogP contribution in [0.4, 0.5) is 11.4 Å². The molecule has 0 spiro atoms. The Labute approximate surface area is 168 Å². The number of nitro groups is 1. The fraction of sp³-hybridized carbons (Fsp3) is 0.333. The summed E-state index contributed by atoms with van der Waals surface area (Å²) in [5, 5.41) is 11.1. The third-order valence-electron chi connectivity index (χ3n) is 5.08. The van der Waals surface area contributed by atoms with Crippen molar-refractivity contribution in [1.82, 2.24) is 0 Å². The van der Waals surface area contributed by atoms with Crippen LogP contribution < -0.4 is 10.6 Å². The summed E-state index contributed by atoms with van der Waals surface area (Å²) in [4.78, 5) is 35.9. The lowest BCUT2D eigenvalue weighted by molar-refractivity contribution is -0.384. The van der Waals surface area contributed by atoms with Gasteiger partial charge in [-0.3, -0.25) is 14.9 Å². The molecule has 3 rings (SSSR count). The predicted molar refractivity (Wildman–Crippen MR) is 108 cm³/mol. The molecule has 0 saturated carbocycles. The summed E-state index contributed by atoms with van der Waals surface area (Å²) in [6.07, 6.45) is 2.89. The monoisotopic (exact) mass is 397 g/mol. The molecule has 8 nitrogen and oxygen atoms in total. The lowest BCUT2D eigenvalue weighted by Crippen LogP contribution is -2.35. The zero-order valence-electron chi connectivity index (χ0n) is 16.0. The Kier molecular flexibility index (Phi) is 6.43. The van der Waals surface area contributed by atoms with E-state index in [-0.39, 0.29) is 11.3 Å². The summed E-state index contributed by atoms with van der Waals surface area (Å²) in [5.74, 6) is -1.04. The molecule has 1 aliphatic rings. The smallest absolute Gasteiger partial charge is 0.341 e. The van der Waals surface area contributed by atoms with Gasteiger partial charge in [0.05, 0.1) is 16.2 Å². The molecule has 0 atom stereocenters. The predicted octanol–water partition coefficient (Wildman–Crippen LogP) is 2.70. The van der Waals surface area contributed by atoms with E-state index in [0.717, 1.165) is 32.4 Å². The summed E-state index contributed by atoms with van der Waals surface area (Å²) < 4.78 is 4.89. The lowest BCUT2D eigenvalue weighted by atomic mass is 9.90. The molecule has 2 aromatic carbocycles. The largest absolute Gasteiger partial charge is 0.452 e. The highest BCUT2D eigenvalue weighted by atomic mass is 16.6. The van der Waals surface area contributed by atoms with Crippen LogP contribution in [-0.4, -0.2) is 36.5 Å². The molecule has 0 aliphatic carbocycles. The average Bonchev–Trinajstić information content (AvgIpc) is 2.73. The Morgan fingerprint density at radius 3 is 2.45 bits per heavy atom. The van der Waals surface area contributed by atoms with Crippen LogP contribution in [-0.2, 0) is 16.0 Å². The van der Waals surface area contributed by atoms with Gasteiger partial charge in [0.1, 0.15) is 0 Å². The van der Waals surface area contributed by atoms with Gasteiger partial charge in [0.2, 0.25) is 0 Å². The van der Waals surface area contributed by atoms with Crippen LogP contribution in [0, 0.1) is 16.0 Å². The Bertz CT molecular complexity index is 892. The SMILES string of the molecule is NC(=O)COC(=O)c1cc([N+](=O)[O-])ccc1N1CCC(Cc2ccccc2)CC1. The molecule has 1 fully saturated rings. The Balaban J connectivity index is 1.73. The summed E-state index contributed by atoms with van der Waals surface area (Å²) >= 11 is 0. The fourth-order valence-electron chi connectivity index (χ4n) is 3.62. The van der Waals surface area contributed by atoms with Crippen molar-refractivity contribution in [1.29, 1.82) is 0 Å². The van der Waals surface area contributed by atoms with Gasteiger partial charge in [-0.05, 0) is 36.8 Å². The van der Waals surface area contributed by atoms with Crippen LogP contribution in [0.25, 0.3) is 0 Å². The number of primary amides is 1. The molecule has 1 amide bonds. The molecule has 1 saturated heterocycles. The zero-order valence-corrected chi connectivity index (χ0v) is 16.0. The van der Waals surface area contributed by atoms with E-state index in [1.807, 2.05) is 23.1 Å². The Morgan fingerprint density at radius 2 is 1.83 bits per heavy atom. The normalized spacial score (nSPS) is 14.4. The summed E-state index contributed by atoms with van der Waals surface area (Å²) in [5.41, 5.74) is 6.76. The maximum Gasteiger partial charge on any atom is 0.341 e. The molecule has 8 heteroatoms. The molecule has 0 radical (unpaired) electrons. The molecule has 2 N–H and O–H groups in total. The number of rotatable bonds is 7. The first-order valence-corrected chi connectivity index (χ1v) is 9.47. The van der Waals surface area contributed by atoms with Gasteiger partial charge in [-0.2, -0.15) is 0 Å². The summed E-state index contributed by atoms with van der Waals surface area (Å²) in [6.45, 7) is 0.886. The Hall–Kier alpha value is -3.42. The van der Waals surface area contributed by atoms with Crippen molar-refractivity contribution in [2.75, 3.05) is 24.6 Å². The number of benzene rings is 2. The second kappa shape index (κ2) is 9.18. The van der Waals surface area contributed by atoms with Crippen LogP contribution in [0.1, 0.15) is 28.8 Å². The van der Waals surface area contributed by atoms with Crippen LogP contribution in [0.3, 0.4) is 0 Å². The van der Waals surface area contributed by atoms with Crippen molar-refractivity contribution in [2.45, 2.75) is 19.3 Å². The maximum absolute atomic E-state index is 12.4. The number of anilines is 1. The van der Waals surface area contributed by atoms with Gasteiger partial charge in [0.15, 0.2) is 6.61 Å². The Morgan fingerprint density at radius 1 is 1.14 bits per heavy atom. The molecule has 1 aliphatic heterocycles. The quantitative estimate of drug-likeness (QED) is 0.436. The van der Waals surface area contributed by atoms with E-state index >= 15 is 0 Å². The van der Waals surface area contributed by atoms with Crippen molar-refractivity contribution in [2.24, 2.45) is 11.7 Å². The molecule has 2 aromatic rings. The molecule has 29 heavy (non-hydrogen) atoms. The van der Waals surface area contributed by atoms with Gasteiger partial charge in [0.25, 0.3) is 11.6 Å². The van der Waals surface area contributed by atoms with E-state index in [4.69, 9.17) is 10.5 Å². The van der Waals surface area contributed by atoms with Crippen molar-refractivity contribution >= 4 is 23.3 Å². The number of hydrogen-bond acceptors (Lipinski definition) is 6. The highest BCUT2D eigenvalue weighted by Crippen LogP contribution is 2.31. The van der Waals surface area contributed by atoms with E-state index < -0.39 is 23.4 Å². The fourth-order valence-corrected chi connectivity index (χ4v) is 3.62. The molecule has 0 unspecified atom stereocenters. The standard InChI is InChI=1S/C21H23N3O5/c22-20(25)14-29-21(26)18-13-17(24(27)28)6-7-19(18)23-10-8-16(9-11-23)12-15-4-2-1-3-5-15/h1-7,13,16H,8-12,14H2,(H2,22,25). The molecular formula is C21H23N3O5. The zero-order chi connectivity index (χ0) is 20.8. The van der Waals surface area contributed by atoms with Gasteiger partial charge in [-0.1, -0.05) is 30.3 Å². The summed E-state index contributed by atoms with van der Waals surface area (Å²) in [6, 6.07) is 14.4. The first kappa shape index (κ1) is 20.3. The lowest BCUT2D eigenvalue weighted by Gasteiger charge is -2.34. The van der Waals surface area contributed by atoms with Gasteiger partial charge in [-0.25, -0.2) is 4.79 Å². The number of non-ortho nitro benzene ring substituents is 1. The van der Waals surface area contributed by atoms with Crippen LogP contribution in [0.2, 0.25) is 0 Å². The third kappa shape index (κ3) is 5.31. The number of nitrogens with two attached hydrogens (primary N) is 1. The van der Waals surface area contributed by atoms with Crippen LogP contribution in [0.15, 0.2) is 48.5 Å². The highest BCUT2D eigenvalue weighted by Gasteiger charge is 2.26. The van der Waals surface area contributed by atoms with Crippen LogP contribution in [0.5, 0.6) is 0 Å². The average molecular weight is 397 g/mol. The van der Waals surface area contributed by atoms with E-state index in [0.29, 0.717) is 11.6 Å². The second-order valence-corrected chi connectivity index (χ2v) is 7.12. The maximum atomic E-state index is 12.4. The van der Waals surface area contributed by atoms with Gasteiger partial charge >= 0.3 is 5.97 Å². The van der Waals surface area contributed by atoms with Crippen molar-refractivity contribution in [3.8, 4) is 0 Å². The van der Waals surface area contributed by atoms with E-state index in [1.165, 1.54) is 17.7 Å². The summed E-state index contributed by atoms with van der Waals surface area (Å²) in [7, 11) is 0. The second-order valence-electron chi connectivity index (χ2n) is 7.12. The number of carbonyl (C=O) groups excluding carboxylic acids is 2. The number of esters is 1. The topological polar surface area (TPSA) is 116 Å². The van der Waals surface area contributed by atoms with Crippen molar-refractivity contribution in [3.63, 3.8) is 0 Å². The molecule has 0 aromatic heterocycles. The number of piperidine rings is 1. The first-order chi connectivity index (χ1) is 13.9. The molecule has 152 valence electrons. The van der Waals surface area contributed by atoms with Crippen LogP contribution >= 0.6 is 0 Å². The minimum absolute atomic E-state index is 0.0713. The van der Waals surface area contributed by atoms with Crippen molar-refractivity contribution in [3.05, 3.63) is 69.8 Å². The number of nitro benzene ring substituents is 1. The minimum atomic E-state index is -0.797. The third-order valence-corrected chi connectivity index (χ3v) is 5.08. The number of hydrogen-bond donors (Lipinski definition) is 1.